The zero-order valence-electron chi connectivity index (χ0n) is 10.7. The molecular formula is C13H16F2N4. The summed E-state index contributed by atoms with van der Waals surface area (Å²) in [5.41, 5.74) is 0.528. The second-order valence-electron chi connectivity index (χ2n) is 4.29. The van der Waals surface area contributed by atoms with E-state index in [1.54, 1.807) is 4.68 Å². The first kappa shape index (κ1) is 13.6. The van der Waals surface area contributed by atoms with Gasteiger partial charge in [-0.3, -0.25) is 0 Å². The van der Waals surface area contributed by atoms with Crippen molar-refractivity contribution in [1.82, 2.24) is 20.1 Å². The van der Waals surface area contributed by atoms with E-state index < -0.39 is 11.6 Å². The first-order valence-electron chi connectivity index (χ1n) is 6.21. The number of halogens is 2. The van der Waals surface area contributed by atoms with Crippen LogP contribution in [0.5, 0.6) is 0 Å². The van der Waals surface area contributed by atoms with Gasteiger partial charge in [0, 0.05) is 6.07 Å². The van der Waals surface area contributed by atoms with Crippen molar-refractivity contribution < 1.29 is 8.78 Å². The zero-order valence-corrected chi connectivity index (χ0v) is 10.7. The van der Waals surface area contributed by atoms with Crippen LogP contribution in [0, 0.1) is 11.6 Å². The summed E-state index contributed by atoms with van der Waals surface area (Å²) in [6.07, 6.45) is 2.47. The molecule has 1 aromatic heterocycles. The fourth-order valence-corrected chi connectivity index (χ4v) is 1.81. The van der Waals surface area contributed by atoms with Gasteiger partial charge in [0.15, 0.2) is 0 Å². The average Bonchev–Trinajstić information content (AvgIpc) is 2.76. The predicted molar refractivity (Wildman–Crippen MR) is 67.5 cm³/mol. The van der Waals surface area contributed by atoms with Gasteiger partial charge in [-0.05, 0) is 30.7 Å². The topological polar surface area (TPSA) is 42.7 Å². The van der Waals surface area contributed by atoms with Gasteiger partial charge >= 0.3 is 0 Å². The molecule has 1 N–H and O–H groups in total. The first-order chi connectivity index (χ1) is 9.19. The molecule has 0 aliphatic heterocycles. The van der Waals surface area contributed by atoms with Crippen LogP contribution < -0.4 is 5.32 Å². The maximum atomic E-state index is 13.1. The van der Waals surface area contributed by atoms with Crippen molar-refractivity contribution in [3.8, 4) is 0 Å². The summed E-state index contributed by atoms with van der Waals surface area (Å²) in [6.45, 7) is 3.86. The van der Waals surface area contributed by atoms with Gasteiger partial charge in [-0.2, -0.15) is 5.10 Å². The van der Waals surface area contributed by atoms with Crippen molar-refractivity contribution in [2.24, 2.45) is 0 Å². The Kier molecular flexibility index (Phi) is 4.57. The van der Waals surface area contributed by atoms with Crippen LogP contribution in [-0.4, -0.2) is 21.3 Å². The van der Waals surface area contributed by atoms with Crippen LogP contribution in [0.4, 0.5) is 8.78 Å². The van der Waals surface area contributed by atoms with Crippen molar-refractivity contribution in [1.29, 1.82) is 0 Å². The maximum Gasteiger partial charge on any atom is 0.141 e. The highest BCUT2D eigenvalue weighted by Crippen LogP contribution is 2.10. The van der Waals surface area contributed by atoms with Gasteiger partial charge in [-0.1, -0.05) is 6.92 Å². The zero-order chi connectivity index (χ0) is 13.7. The highest BCUT2D eigenvalue weighted by Gasteiger charge is 2.06. The quantitative estimate of drug-likeness (QED) is 0.814. The maximum absolute atomic E-state index is 13.1. The molecule has 6 heteroatoms. The van der Waals surface area contributed by atoms with E-state index in [1.165, 1.54) is 18.5 Å². The Morgan fingerprint density at radius 2 is 1.95 bits per heavy atom. The van der Waals surface area contributed by atoms with Gasteiger partial charge in [-0.25, -0.2) is 18.4 Å². The number of nitrogens with zero attached hydrogens (tertiary/aromatic N) is 3. The van der Waals surface area contributed by atoms with Crippen molar-refractivity contribution in [2.75, 3.05) is 6.54 Å². The molecule has 0 atom stereocenters. The molecule has 0 amide bonds. The molecule has 0 radical (unpaired) electrons. The van der Waals surface area contributed by atoms with E-state index in [9.17, 15) is 8.78 Å². The standard InChI is InChI=1S/C13H16F2N4/c1-2-3-16-7-13-17-9-18-19(13)8-10-4-11(14)6-12(15)5-10/h4-6,9,16H,2-3,7-8H2,1H3. The minimum atomic E-state index is -0.583. The fraction of sp³-hybridized carbons (Fsp3) is 0.385. The van der Waals surface area contributed by atoms with Crippen molar-refractivity contribution in [2.45, 2.75) is 26.4 Å². The third kappa shape index (κ3) is 3.82. The summed E-state index contributed by atoms with van der Waals surface area (Å²) in [7, 11) is 0. The number of aromatic nitrogens is 3. The monoisotopic (exact) mass is 266 g/mol. The molecule has 19 heavy (non-hydrogen) atoms. The molecule has 0 saturated carbocycles. The van der Waals surface area contributed by atoms with Crippen LogP contribution >= 0.6 is 0 Å². The highest BCUT2D eigenvalue weighted by atomic mass is 19.1. The Bertz CT molecular complexity index is 519. The van der Waals surface area contributed by atoms with Gasteiger partial charge in [0.2, 0.25) is 0 Å². The van der Waals surface area contributed by atoms with Crippen LogP contribution in [0.15, 0.2) is 24.5 Å². The molecule has 0 unspecified atom stereocenters. The van der Waals surface area contributed by atoms with E-state index in [-0.39, 0.29) is 0 Å². The third-order valence-electron chi connectivity index (χ3n) is 2.66. The van der Waals surface area contributed by atoms with Gasteiger partial charge in [0.05, 0.1) is 13.1 Å². The normalized spacial score (nSPS) is 10.9. The highest BCUT2D eigenvalue weighted by molar-refractivity contribution is 5.18. The lowest BCUT2D eigenvalue weighted by atomic mass is 10.2. The molecule has 0 aliphatic rings. The molecule has 0 bridgehead atoms. The summed E-state index contributed by atoms with van der Waals surface area (Å²) in [5.74, 6) is -0.417. The fourth-order valence-electron chi connectivity index (χ4n) is 1.81. The smallest absolute Gasteiger partial charge is 0.141 e. The molecule has 0 spiro atoms. The summed E-state index contributed by atoms with van der Waals surface area (Å²) < 4.78 is 27.9. The molecule has 2 rings (SSSR count). The lowest BCUT2D eigenvalue weighted by Gasteiger charge is -2.07. The van der Waals surface area contributed by atoms with E-state index >= 15 is 0 Å². The van der Waals surface area contributed by atoms with Gasteiger partial charge < -0.3 is 5.32 Å². The second-order valence-corrected chi connectivity index (χ2v) is 4.29. The van der Waals surface area contributed by atoms with Crippen LogP contribution in [-0.2, 0) is 13.1 Å². The van der Waals surface area contributed by atoms with Gasteiger partial charge in [0.1, 0.15) is 23.8 Å². The molecule has 4 nitrogen and oxygen atoms in total. The Morgan fingerprint density at radius 1 is 1.21 bits per heavy atom. The Labute approximate surface area is 110 Å². The molecular weight excluding hydrogens is 250 g/mol. The first-order valence-corrected chi connectivity index (χ1v) is 6.21. The molecule has 2 aromatic rings. The van der Waals surface area contributed by atoms with Crippen LogP contribution in [0.25, 0.3) is 0 Å². The molecule has 1 heterocycles. The van der Waals surface area contributed by atoms with E-state index in [2.05, 4.69) is 22.3 Å². The third-order valence-corrected chi connectivity index (χ3v) is 2.66. The Balaban J connectivity index is 2.08. The number of nitrogens with one attached hydrogen (secondary N) is 1. The van der Waals surface area contributed by atoms with E-state index in [0.29, 0.717) is 18.7 Å². The van der Waals surface area contributed by atoms with Crippen LogP contribution in [0.2, 0.25) is 0 Å². The molecule has 102 valence electrons. The van der Waals surface area contributed by atoms with Crippen molar-refractivity contribution in [3.05, 3.63) is 47.5 Å². The number of benzene rings is 1. The van der Waals surface area contributed by atoms with Gasteiger partial charge in [-0.15, -0.1) is 0 Å². The lowest BCUT2D eigenvalue weighted by molar-refractivity contribution is 0.561. The molecule has 0 aliphatic carbocycles. The SMILES string of the molecule is CCCNCc1ncnn1Cc1cc(F)cc(F)c1. The Morgan fingerprint density at radius 3 is 2.63 bits per heavy atom. The largest absolute Gasteiger partial charge is 0.310 e. The van der Waals surface area contributed by atoms with Crippen molar-refractivity contribution >= 4 is 0 Å². The summed E-state index contributed by atoms with van der Waals surface area (Å²) >= 11 is 0. The van der Waals surface area contributed by atoms with Crippen LogP contribution in [0.3, 0.4) is 0 Å². The van der Waals surface area contributed by atoms with E-state index in [1.807, 2.05) is 0 Å². The minimum absolute atomic E-state index is 0.303. The molecule has 1 aromatic carbocycles. The summed E-state index contributed by atoms with van der Waals surface area (Å²) in [5, 5.41) is 7.29. The van der Waals surface area contributed by atoms with E-state index in [0.717, 1.165) is 24.9 Å². The number of hydrogen-bond acceptors (Lipinski definition) is 3. The second kappa shape index (κ2) is 6.38. The average molecular weight is 266 g/mol. The number of rotatable bonds is 6. The Hall–Kier alpha value is -1.82. The van der Waals surface area contributed by atoms with Crippen molar-refractivity contribution in [3.63, 3.8) is 0 Å². The van der Waals surface area contributed by atoms with E-state index in [4.69, 9.17) is 0 Å². The predicted octanol–water partition coefficient (Wildman–Crippen LogP) is 2.10. The summed E-state index contributed by atoms with van der Waals surface area (Å²) in [6, 6.07) is 3.45. The lowest BCUT2D eigenvalue weighted by Crippen LogP contribution is -2.18. The molecule has 0 saturated heterocycles. The number of hydrogen-bond donors (Lipinski definition) is 1. The molecule has 0 fully saturated rings. The minimum Gasteiger partial charge on any atom is -0.310 e. The summed E-state index contributed by atoms with van der Waals surface area (Å²) in [4.78, 5) is 4.13. The van der Waals surface area contributed by atoms with Gasteiger partial charge in [0.25, 0.3) is 0 Å². The van der Waals surface area contributed by atoms with Crippen LogP contribution in [0.1, 0.15) is 24.7 Å².